The predicted octanol–water partition coefficient (Wildman–Crippen LogP) is 3.78. The van der Waals surface area contributed by atoms with E-state index in [-0.39, 0.29) is 23.5 Å². The number of nitrogens with zero attached hydrogens (tertiary/aromatic N) is 1. The normalized spacial score (nSPS) is 11.1. The van der Waals surface area contributed by atoms with Gasteiger partial charge in [-0.05, 0) is 36.2 Å². The second kappa shape index (κ2) is 9.83. The number of halogens is 3. The first-order chi connectivity index (χ1) is 14.0. The van der Waals surface area contributed by atoms with Crippen LogP contribution in [0.3, 0.4) is 0 Å². The topological polar surface area (TPSA) is 108 Å². The van der Waals surface area contributed by atoms with Gasteiger partial charge in [-0.3, -0.25) is 14.9 Å². The Hall–Kier alpha value is -3.47. The maximum atomic E-state index is 12.0. The third-order valence-electron chi connectivity index (χ3n) is 3.68. The van der Waals surface area contributed by atoms with Crippen LogP contribution in [0.2, 0.25) is 0 Å². The molecule has 8 nitrogen and oxygen atoms in total. The summed E-state index contributed by atoms with van der Waals surface area (Å²) in [6.07, 6.45) is -4.43. The molecule has 0 aliphatic heterocycles. The first kappa shape index (κ1) is 22.8. The maximum absolute atomic E-state index is 12.0. The third-order valence-corrected chi connectivity index (χ3v) is 3.68. The number of nitro benzene ring substituents is 1. The van der Waals surface area contributed by atoms with Gasteiger partial charge in [-0.2, -0.15) is 13.2 Å². The molecule has 11 heteroatoms. The SMILES string of the molecule is Cc1ccc(NC(=O)COC(=O)c2ccc(COCC(F)(F)F)cc2)c([N+](=O)[O-])c1. The van der Waals surface area contributed by atoms with Crippen LogP contribution in [0.25, 0.3) is 0 Å². The lowest BCUT2D eigenvalue weighted by atomic mass is 10.1. The molecule has 0 saturated heterocycles. The molecule has 1 amide bonds. The summed E-state index contributed by atoms with van der Waals surface area (Å²) in [5, 5.41) is 13.4. The van der Waals surface area contributed by atoms with Crippen LogP contribution in [-0.2, 0) is 20.9 Å². The summed E-state index contributed by atoms with van der Waals surface area (Å²) < 4.78 is 45.5. The van der Waals surface area contributed by atoms with Gasteiger partial charge in [0.15, 0.2) is 6.61 Å². The number of ether oxygens (including phenoxy) is 2. The van der Waals surface area contributed by atoms with Gasteiger partial charge in [0.2, 0.25) is 0 Å². The number of amides is 1. The van der Waals surface area contributed by atoms with Gasteiger partial charge in [-0.25, -0.2) is 4.79 Å². The van der Waals surface area contributed by atoms with Crippen molar-refractivity contribution in [3.8, 4) is 0 Å². The summed E-state index contributed by atoms with van der Waals surface area (Å²) >= 11 is 0. The molecule has 0 fully saturated rings. The van der Waals surface area contributed by atoms with Crippen molar-refractivity contribution in [3.05, 3.63) is 69.3 Å². The minimum absolute atomic E-state index is 0.0325. The van der Waals surface area contributed by atoms with Gasteiger partial charge in [0, 0.05) is 6.07 Å². The molecule has 0 unspecified atom stereocenters. The Morgan fingerprint density at radius 3 is 2.40 bits per heavy atom. The van der Waals surface area contributed by atoms with Crippen molar-refractivity contribution >= 4 is 23.3 Å². The van der Waals surface area contributed by atoms with Crippen LogP contribution >= 0.6 is 0 Å². The Balaban J connectivity index is 1.87. The van der Waals surface area contributed by atoms with E-state index in [9.17, 15) is 32.9 Å². The zero-order valence-corrected chi connectivity index (χ0v) is 15.7. The fourth-order valence-electron chi connectivity index (χ4n) is 2.32. The summed E-state index contributed by atoms with van der Waals surface area (Å²) in [5.41, 5.74) is 0.801. The summed E-state index contributed by atoms with van der Waals surface area (Å²) in [5.74, 6) is -1.61. The van der Waals surface area contributed by atoms with Gasteiger partial charge >= 0.3 is 12.1 Å². The van der Waals surface area contributed by atoms with Crippen LogP contribution in [0.1, 0.15) is 21.5 Å². The lowest BCUT2D eigenvalue weighted by molar-refractivity contribution is -0.384. The van der Waals surface area contributed by atoms with E-state index in [1.165, 1.54) is 36.4 Å². The highest BCUT2D eigenvalue weighted by Gasteiger charge is 2.27. The van der Waals surface area contributed by atoms with Crippen molar-refractivity contribution < 1.29 is 37.2 Å². The van der Waals surface area contributed by atoms with Gasteiger partial charge in [0.05, 0.1) is 17.1 Å². The Morgan fingerprint density at radius 2 is 1.80 bits per heavy atom. The van der Waals surface area contributed by atoms with Gasteiger partial charge in [-0.1, -0.05) is 18.2 Å². The summed E-state index contributed by atoms with van der Waals surface area (Å²) in [6.45, 7) is -0.688. The highest BCUT2D eigenvalue weighted by molar-refractivity contribution is 5.96. The number of carbonyl (C=O) groups excluding carboxylic acids is 2. The molecule has 0 heterocycles. The molecule has 0 radical (unpaired) electrons. The number of nitrogens with one attached hydrogen (secondary N) is 1. The Labute approximate surface area is 168 Å². The van der Waals surface area contributed by atoms with Crippen LogP contribution in [0.4, 0.5) is 24.5 Å². The smallest absolute Gasteiger partial charge is 0.411 e. The van der Waals surface area contributed by atoms with Crippen molar-refractivity contribution in [3.63, 3.8) is 0 Å². The van der Waals surface area contributed by atoms with E-state index in [0.717, 1.165) is 0 Å². The average Bonchev–Trinajstić information content (AvgIpc) is 2.67. The number of hydrogen-bond donors (Lipinski definition) is 1. The van der Waals surface area contributed by atoms with Crippen LogP contribution in [0, 0.1) is 17.0 Å². The molecule has 2 aromatic rings. The monoisotopic (exact) mass is 426 g/mol. The van der Waals surface area contributed by atoms with Crippen molar-refractivity contribution in [1.82, 2.24) is 0 Å². The lowest BCUT2D eigenvalue weighted by Crippen LogP contribution is -2.21. The molecule has 1 N–H and O–H groups in total. The van der Waals surface area contributed by atoms with Crippen molar-refractivity contribution in [2.75, 3.05) is 18.5 Å². The lowest BCUT2D eigenvalue weighted by Gasteiger charge is -2.09. The molecule has 0 atom stereocenters. The van der Waals surface area contributed by atoms with E-state index in [4.69, 9.17) is 4.74 Å². The summed E-state index contributed by atoms with van der Waals surface area (Å²) in [4.78, 5) is 34.3. The molecule has 0 aliphatic rings. The van der Waals surface area contributed by atoms with Crippen molar-refractivity contribution in [2.24, 2.45) is 0 Å². The van der Waals surface area contributed by atoms with Gasteiger partial charge < -0.3 is 14.8 Å². The fraction of sp³-hybridized carbons (Fsp3) is 0.263. The highest BCUT2D eigenvalue weighted by Crippen LogP contribution is 2.25. The molecule has 0 spiro atoms. The zero-order chi connectivity index (χ0) is 22.3. The van der Waals surface area contributed by atoms with Crippen LogP contribution in [0.15, 0.2) is 42.5 Å². The molecule has 30 heavy (non-hydrogen) atoms. The molecular weight excluding hydrogens is 409 g/mol. The molecular formula is C19H17F3N2O6. The van der Waals surface area contributed by atoms with E-state index in [2.05, 4.69) is 10.1 Å². The van der Waals surface area contributed by atoms with Gasteiger partial charge in [0.25, 0.3) is 11.6 Å². The molecule has 0 aromatic heterocycles. The predicted molar refractivity (Wildman–Crippen MR) is 98.9 cm³/mol. The minimum atomic E-state index is -4.43. The zero-order valence-electron chi connectivity index (χ0n) is 15.7. The third kappa shape index (κ3) is 7.17. The largest absolute Gasteiger partial charge is 0.452 e. The number of carbonyl (C=O) groups is 2. The molecule has 0 aliphatic carbocycles. The molecule has 2 rings (SSSR count). The number of benzene rings is 2. The van der Waals surface area contributed by atoms with Crippen molar-refractivity contribution in [2.45, 2.75) is 19.7 Å². The number of rotatable bonds is 8. The number of nitro groups is 1. The fourth-order valence-corrected chi connectivity index (χ4v) is 2.32. The number of aryl methyl sites for hydroxylation is 1. The van der Waals surface area contributed by atoms with E-state index < -0.39 is 36.2 Å². The first-order valence-electron chi connectivity index (χ1n) is 8.50. The van der Waals surface area contributed by atoms with Gasteiger partial charge in [-0.15, -0.1) is 0 Å². The van der Waals surface area contributed by atoms with Crippen LogP contribution < -0.4 is 5.32 Å². The van der Waals surface area contributed by atoms with E-state index in [1.807, 2.05) is 0 Å². The number of esters is 1. The summed E-state index contributed by atoms with van der Waals surface area (Å²) in [7, 11) is 0. The quantitative estimate of drug-likeness (QED) is 0.391. The minimum Gasteiger partial charge on any atom is -0.452 e. The van der Waals surface area contributed by atoms with Gasteiger partial charge in [0.1, 0.15) is 12.3 Å². The van der Waals surface area contributed by atoms with Crippen LogP contribution in [-0.4, -0.2) is 36.2 Å². The molecule has 0 bridgehead atoms. The second-order valence-corrected chi connectivity index (χ2v) is 6.21. The van der Waals surface area contributed by atoms with E-state index in [0.29, 0.717) is 11.1 Å². The molecule has 0 saturated carbocycles. The second-order valence-electron chi connectivity index (χ2n) is 6.21. The number of hydrogen-bond acceptors (Lipinski definition) is 6. The highest BCUT2D eigenvalue weighted by atomic mass is 19.4. The van der Waals surface area contributed by atoms with Crippen molar-refractivity contribution in [1.29, 1.82) is 0 Å². The Kier molecular flexibility index (Phi) is 7.48. The van der Waals surface area contributed by atoms with E-state index >= 15 is 0 Å². The van der Waals surface area contributed by atoms with Crippen LogP contribution in [0.5, 0.6) is 0 Å². The number of anilines is 1. The summed E-state index contributed by atoms with van der Waals surface area (Å²) in [6, 6.07) is 9.66. The Morgan fingerprint density at radius 1 is 1.13 bits per heavy atom. The average molecular weight is 426 g/mol. The standard InChI is InChI=1S/C19H17F3N2O6/c1-12-2-7-15(16(8-12)24(27)28)23-17(25)10-30-18(26)14-5-3-13(4-6-14)9-29-11-19(20,21)22/h2-8H,9-11H2,1H3,(H,23,25). The Bertz CT molecular complexity index is 929. The molecule has 2 aromatic carbocycles. The maximum Gasteiger partial charge on any atom is 0.411 e. The molecule has 160 valence electrons. The number of alkyl halides is 3. The first-order valence-corrected chi connectivity index (χ1v) is 8.50. The van der Waals surface area contributed by atoms with E-state index in [1.54, 1.807) is 13.0 Å².